The van der Waals surface area contributed by atoms with E-state index in [2.05, 4.69) is 55.5 Å². The van der Waals surface area contributed by atoms with E-state index in [1.807, 2.05) is 30.3 Å². The maximum Gasteiger partial charge on any atom is 0.408 e. The van der Waals surface area contributed by atoms with Gasteiger partial charge in [-0.2, -0.15) is 0 Å². The molecule has 0 radical (unpaired) electrons. The number of rotatable bonds is 6. The molecule has 2 atom stereocenters. The number of imidazole rings is 1. The monoisotopic (exact) mass is 555 g/mol. The lowest BCUT2D eigenvalue weighted by Gasteiger charge is -2.23. The van der Waals surface area contributed by atoms with Gasteiger partial charge in [-0.15, -0.1) is 0 Å². The highest BCUT2D eigenvalue weighted by molar-refractivity contribution is 14.1. The van der Waals surface area contributed by atoms with Gasteiger partial charge < -0.3 is 19.7 Å². The first-order valence-corrected chi connectivity index (χ1v) is 9.13. The fourth-order valence-corrected chi connectivity index (χ4v) is 3.15. The number of nitrogens with zero attached hydrogens (tertiary/aromatic N) is 2. The first-order valence-electron chi connectivity index (χ1n) is 6.98. The summed E-state index contributed by atoms with van der Waals surface area (Å²) in [4.78, 5) is 27.6. The van der Waals surface area contributed by atoms with Crippen molar-refractivity contribution >= 4 is 57.2 Å². The molecule has 24 heavy (non-hydrogen) atoms. The zero-order valence-corrected chi connectivity index (χ0v) is 17.0. The minimum Gasteiger partial charge on any atom is -0.480 e. The largest absolute Gasteiger partial charge is 0.480 e. The van der Waals surface area contributed by atoms with Crippen molar-refractivity contribution in [3.8, 4) is 0 Å². The molecule has 1 aromatic heterocycles. The van der Waals surface area contributed by atoms with Crippen molar-refractivity contribution in [3.05, 3.63) is 49.6 Å². The Labute approximate surface area is 166 Å². The highest BCUT2D eigenvalue weighted by atomic mass is 127. The summed E-state index contributed by atoms with van der Waals surface area (Å²) in [6, 6.07) is 7.52. The number of alkyl carbamates (subject to hydrolysis) is 1. The highest BCUT2D eigenvalue weighted by Gasteiger charge is 2.29. The number of carboxylic acids is 1. The van der Waals surface area contributed by atoms with Crippen LogP contribution in [-0.2, 0) is 16.1 Å². The Morgan fingerprint density at radius 2 is 2.00 bits per heavy atom. The van der Waals surface area contributed by atoms with E-state index in [4.69, 9.17) is 4.74 Å². The van der Waals surface area contributed by atoms with Gasteiger partial charge in [-0.1, -0.05) is 30.3 Å². The van der Waals surface area contributed by atoms with Crippen molar-refractivity contribution in [2.75, 3.05) is 0 Å². The molecular formula is C15H15I2N3O4. The second kappa shape index (κ2) is 8.65. The normalized spacial score (nSPS) is 13.1. The molecule has 2 N–H and O–H groups in total. The maximum absolute atomic E-state index is 11.9. The molecule has 2 rings (SSSR count). The number of hydrogen-bond acceptors (Lipinski definition) is 4. The third kappa shape index (κ3) is 4.82. The molecule has 9 heteroatoms. The van der Waals surface area contributed by atoms with Gasteiger partial charge in [0.15, 0.2) is 6.04 Å². The summed E-state index contributed by atoms with van der Waals surface area (Å²) >= 11 is 4.15. The minimum atomic E-state index is -1.14. The number of ether oxygens (including phenoxy) is 1. The lowest BCUT2D eigenvalue weighted by molar-refractivity contribution is -0.140. The van der Waals surface area contributed by atoms with Gasteiger partial charge >= 0.3 is 12.1 Å². The van der Waals surface area contributed by atoms with Crippen LogP contribution in [0.1, 0.15) is 18.5 Å². The number of aromatic nitrogens is 2. The number of nitrogens with one attached hydrogen (secondary N) is 1. The minimum absolute atomic E-state index is 0.0773. The average molecular weight is 555 g/mol. The molecule has 1 heterocycles. The lowest BCUT2D eigenvalue weighted by Crippen LogP contribution is -2.46. The fourth-order valence-electron chi connectivity index (χ4n) is 2.05. The van der Waals surface area contributed by atoms with E-state index in [-0.39, 0.29) is 6.61 Å². The topological polar surface area (TPSA) is 93.5 Å². The molecule has 0 aliphatic heterocycles. The van der Waals surface area contributed by atoms with E-state index in [1.54, 1.807) is 17.8 Å². The van der Waals surface area contributed by atoms with Crippen molar-refractivity contribution in [1.82, 2.24) is 14.9 Å². The number of benzene rings is 1. The Hall–Kier alpha value is -1.37. The summed E-state index contributed by atoms with van der Waals surface area (Å²) in [6.07, 6.45) is 0.782. The van der Waals surface area contributed by atoms with E-state index >= 15 is 0 Å². The molecular weight excluding hydrogens is 540 g/mol. The highest BCUT2D eigenvalue weighted by Crippen LogP contribution is 2.20. The Bertz CT molecular complexity index is 721. The third-order valence-electron chi connectivity index (χ3n) is 3.37. The fraction of sp³-hybridized carbons (Fsp3) is 0.267. The molecule has 0 fully saturated rings. The predicted octanol–water partition coefficient (Wildman–Crippen LogP) is 3.03. The van der Waals surface area contributed by atoms with Gasteiger partial charge in [0.1, 0.15) is 14.0 Å². The molecule has 2 aromatic rings. The van der Waals surface area contributed by atoms with E-state index in [1.165, 1.54) is 0 Å². The predicted molar refractivity (Wildman–Crippen MR) is 104 cm³/mol. The Balaban J connectivity index is 2.01. The zero-order chi connectivity index (χ0) is 17.7. The lowest BCUT2D eigenvalue weighted by atomic mass is 10.1. The molecule has 1 aromatic carbocycles. The molecule has 1 amide bonds. The molecule has 0 saturated heterocycles. The second-order valence-electron chi connectivity index (χ2n) is 5.00. The number of carbonyl (C=O) groups is 2. The number of carbonyl (C=O) groups excluding carboxylic acids is 1. The van der Waals surface area contributed by atoms with Gasteiger partial charge in [-0.25, -0.2) is 14.6 Å². The molecule has 0 spiro atoms. The quantitative estimate of drug-likeness (QED) is 0.535. The van der Waals surface area contributed by atoms with Crippen LogP contribution < -0.4 is 5.32 Å². The van der Waals surface area contributed by atoms with E-state index in [0.717, 1.165) is 13.0 Å². The van der Waals surface area contributed by atoms with Crippen LogP contribution in [0, 0.1) is 7.40 Å². The summed E-state index contributed by atoms with van der Waals surface area (Å²) in [6.45, 7) is 1.78. The second-order valence-corrected chi connectivity index (χ2v) is 7.04. The van der Waals surface area contributed by atoms with Crippen molar-refractivity contribution in [2.24, 2.45) is 0 Å². The summed E-state index contributed by atoms with van der Waals surface area (Å²) < 4.78 is 8.38. The Kier molecular flexibility index (Phi) is 6.83. The average Bonchev–Trinajstić information content (AvgIpc) is 2.90. The van der Waals surface area contributed by atoms with E-state index in [0.29, 0.717) is 0 Å². The molecule has 0 aliphatic rings. The molecule has 2 unspecified atom stereocenters. The summed E-state index contributed by atoms with van der Waals surface area (Å²) in [5, 5.41) is 11.8. The first kappa shape index (κ1) is 19.0. The SMILES string of the molecule is CC(C(NC(=O)OCc1ccccc1)C(=O)O)n1cnc(I)c1I. The maximum atomic E-state index is 11.9. The molecule has 0 bridgehead atoms. The van der Waals surface area contributed by atoms with E-state index < -0.39 is 24.1 Å². The van der Waals surface area contributed by atoms with Crippen LogP contribution in [0.5, 0.6) is 0 Å². The van der Waals surface area contributed by atoms with Gasteiger partial charge in [-0.05, 0) is 57.7 Å². The molecule has 0 aliphatic carbocycles. The van der Waals surface area contributed by atoms with Crippen LogP contribution in [0.2, 0.25) is 0 Å². The zero-order valence-electron chi connectivity index (χ0n) is 12.6. The number of amides is 1. The number of aliphatic carboxylic acids is 1. The number of halogens is 2. The number of hydrogen-bond donors (Lipinski definition) is 2. The first-order chi connectivity index (χ1) is 11.4. The van der Waals surface area contributed by atoms with Crippen LogP contribution in [0.25, 0.3) is 0 Å². The number of carboxylic acid groups (broad SMARTS) is 1. The summed E-state index contributed by atoms with van der Waals surface area (Å²) in [5.41, 5.74) is 0.825. The van der Waals surface area contributed by atoms with Crippen molar-refractivity contribution in [2.45, 2.75) is 25.6 Å². The summed E-state index contributed by atoms with van der Waals surface area (Å²) in [7, 11) is 0. The van der Waals surface area contributed by atoms with Gasteiger partial charge in [0.05, 0.1) is 12.4 Å². The van der Waals surface area contributed by atoms with Crippen LogP contribution in [-0.4, -0.2) is 32.8 Å². The van der Waals surface area contributed by atoms with Crippen molar-refractivity contribution < 1.29 is 19.4 Å². The Morgan fingerprint density at radius 1 is 1.33 bits per heavy atom. The molecule has 0 saturated carbocycles. The van der Waals surface area contributed by atoms with Gasteiger partial charge in [0.2, 0.25) is 0 Å². The standard InChI is InChI=1S/C15H15I2N3O4/c1-9(20-8-18-12(16)13(20)17)11(14(21)22)19-15(23)24-7-10-5-3-2-4-6-10/h2-6,8-9,11H,7H2,1H3,(H,19,23)(H,21,22). The van der Waals surface area contributed by atoms with Gasteiger partial charge in [-0.3, -0.25) is 0 Å². The van der Waals surface area contributed by atoms with Gasteiger partial charge in [0, 0.05) is 0 Å². The van der Waals surface area contributed by atoms with Crippen molar-refractivity contribution in [3.63, 3.8) is 0 Å². The molecule has 7 nitrogen and oxygen atoms in total. The van der Waals surface area contributed by atoms with Crippen LogP contribution >= 0.6 is 45.2 Å². The van der Waals surface area contributed by atoms with E-state index in [9.17, 15) is 14.7 Å². The van der Waals surface area contributed by atoms with Crippen LogP contribution in [0.15, 0.2) is 36.7 Å². The van der Waals surface area contributed by atoms with Crippen LogP contribution in [0.3, 0.4) is 0 Å². The third-order valence-corrected chi connectivity index (χ3v) is 6.26. The smallest absolute Gasteiger partial charge is 0.408 e. The summed E-state index contributed by atoms with van der Waals surface area (Å²) in [5.74, 6) is -1.14. The van der Waals surface area contributed by atoms with Gasteiger partial charge in [0.25, 0.3) is 0 Å². The van der Waals surface area contributed by atoms with Crippen molar-refractivity contribution in [1.29, 1.82) is 0 Å². The Morgan fingerprint density at radius 3 is 2.54 bits per heavy atom. The molecule has 128 valence electrons. The van der Waals surface area contributed by atoms with Crippen LogP contribution in [0.4, 0.5) is 4.79 Å².